The Morgan fingerprint density at radius 3 is 2.30 bits per heavy atom. The number of hydrogen-bond donors (Lipinski definition) is 1. The Kier molecular flexibility index (Phi) is 12.2. The minimum absolute atomic E-state index is 0.157. The second kappa shape index (κ2) is 14.3. The molecule has 0 fully saturated rings. The summed E-state index contributed by atoms with van der Waals surface area (Å²) < 4.78 is 0. The van der Waals surface area contributed by atoms with E-state index in [1.807, 2.05) is 13.0 Å². The third-order valence-electron chi connectivity index (χ3n) is 5.08. The van der Waals surface area contributed by atoms with Gasteiger partial charge in [-0.2, -0.15) is 0 Å². The van der Waals surface area contributed by atoms with Gasteiger partial charge in [0, 0.05) is 34.5 Å². The molecule has 0 heterocycles. The maximum Gasteiger partial charge on any atom is 0.242 e. The molecule has 0 unspecified atom stereocenters. The largest absolute Gasteiger partial charge is 0.354 e. The Hall–Kier alpha value is -1.11. The lowest BCUT2D eigenvalue weighted by Gasteiger charge is -2.31. The lowest BCUT2D eigenvalue weighted by Crippen LogP contribution is -2.49. The second-order valence-corrected chi connectivity index (χ2v) is 10.1. The van der Waals surface area contributed by atoms with Crippen LogP contribution in [0.5, 0.6) is 0 Å². The van der Waals surface area contributed by atoms with E-state index in [4.69, 9.17) is 46.4 Å². The van der Waals surface area contributed by atoms with Crippen molar-refractivity contribution in [3.05, 3.63) is 67.6 Å². The first kappa shape index (κ1) is 28.1. The van der Waals surface area contributed by atoms with Gasteiger partial charge in [-0.15, -0.1) is 11.8 Å². The molecule has 0 spiro atoms. The van der Waals surface area contributed by atoms with Crippen LogP contribution < -0.4 is 5.32 Å². The lowest BCUT2D eigenvalue weighted by atomic mass is 10.1. The fraction of sp³-hybridized carbons (Fsp3) is 0.417. The van der Waals surface area contributed by atoms with Crippen LogP contribution in [0.2, 0.25) is 20.1 Å². The molecular weight excluding hydrogens is 522 g/mol. The summed E-state index contributed by atoms with van der Waals surface area (Å²) in [6.45, 7) is 4.68. The number of amides is 2. The summed E-state index contributed by atoms with van der Waals surface area (Å²) in [6, 6.07) is 10.00. The molecule has 0 radical (unpaired) electrons. The first-order valence-corrected chi connectivity index (χ1v) is 13.5. The van der Waals surface area contributed by atoms with E-state index in [1.165, 1.54) is 11.8 Å². The molecule has 180 valence electrons. The van der Waals surface area contributed by atoms with Crippen molar-refractivity contribution in [2.24, 2.45) is 0 Å². The molecule has 0 bridgehead atoms. The lowest BCUT2D eigenvalue weighted by molar-refractivity contribution is -0.139. The Morgan fingerprint density at radius 1 is 1.00 bits per heavy atom. The first-order chi connectivity index (χ1) is 15.8. The van der Waals surface area contributed by atoms with Crippen molar-refractivity contribution in [2.45, 2.75) is 51.4 Å². The molecular formula is C24H28Cl4N2O2S. The highest BCUT2D eigenvalue weighted by Crippen LogP contribution is 2.28. The number of carbonyl (C=O) groups excluding carboxylic acids is 2. The first-order valence-electron chi connectivity index (χ1n) is 10.8. The molecule has 0 saturated carbocycles. The van der Waals surface area contributed by atoms with Gasteiger partial charge < -0.3 is 10.2 Å². The van der Waals surface area contributed by atoms with Crippen LogP contribution in [0.25, 0.3) is 0 Å². The summed E-state index contributed by atoms with van der Waals surface area (Å²) in [7, 11) is 0. The molecule has 0 aliphatic rings. The van der Waals surface area contributed by atoms with Gasteiger partial charge in [-0.05, 0) is 42.7 Å². The van der Waals surface area contributed by atoms with Crippen LogP contribution in [0.4, 0.5) is 0 Å². The van der Waals surface area contributed by atoms with Gasteiger partial charge in [0.15, 0.2) is 0 Å². The summed E-state index contributed by atoms with van der Waals surface area (Å²) in [5.74, 6) is 0.453. The number of carbonyl (C=O) groups is 2. The van der Waals surface area contributed by atoms with Crippen molar-refractivity contribution in [1.82, 2.24) is 10.2 Å². The van der Waals surface area contributed by atoms with E-state index in [-0.39, 0.29) is 24.1 Å². The maximum atomic E-state index is 13.3. The number of nitrogens with zero attached hydrogens (tertiary/aromatic N) is 1. The van der Waals surface area contributed by atoms with Gasteiger partial charge in [-0.3, -0.25) is 9.59 Å². The SMILES string of the molecule is CCCCNC(=O)[C@H](CC)N(Cc1c(Cl)cccc1Cl)C(=O)CSCc1ccc(Cl)c(Cl)c1. The zero-order valence-corrected chi connectivity index (χ0v) is 22.5. The van der Waals surface area contributed by atoms with Crippen LogP contribution in [-0.4, -0.2) is 35.1 Å². The summed E-state index contributed by atoms with van der Waals surface area (Å²) >= 11 is 26.2. The van der Waals surface area contributed by atoms with E-state index >= 15 is 0 Å². The molecule has 2 rings (SSSR count). The topological polar surface area (TPSA) is 49.4 Å². The van der Waals surface area contributed by atoms with E-state index in [1.54, 1.807) is 35.2 Å². The average molecular weight is 550 g/mol. The van der Waals surface area contributed by atoms with Crippen molar-refractivity contribution in [1.29, 1.82) is 0 Å². The fourth-order valence-electron chi connectivity index (χ4n) is 3.25. The number of halogens is 4. The van der Waals surface area contributed by atoms with Gasteiger partial charge in [-0.25, -0.2) is 0 Å². The van der Waals surface area contributed by atoms with E-state index in [9.17, 15) is 9.59 Å². The minimum atomic E-state index is -0.618. The highest BCUT2D eigenvalue weighted by molar-refractivity contribution is 7.99. The van der Waals surface area contributed by atoms with Crippen LogP contribution in [0.1, 0.15) is 44.2 Å². The average Bonchev–Trinajstić information content (AvgIpc) is 2.78. The highest BCUT2D eigenvalue weighted by Gasteiger charge is 2.29. The number of benzene rings is 2. The molecule has 1 N–H and O–H groups in total. The zero-order chi connectivity index (χ0) is 24.4. The number of rotatable bonds is 12. The maximum absolute atomic E-state index is 13.3. The van der Waals surface area contributed by atoms with E-state index < -0.39 is 6.04 Å². The van der Waals surface area contributed by atoms with Crippen molar-refractivity contribution in [3.63, 3.8) is 0 Å². The van der Waals surface area contributed by atoms with Gasteiger partial charge in [0.05, 0.1) is 15.8 Å². The van der Waals surface area contributed by atoms with Crippen LogP contribution in [0, 0.1) is 0 Å². The van der Waals surface area contributed by atoms with Crippen LogP contribution in [0.3, 0.4) is 0 Å². The summed E-state index contributed by atoms with van der Waals surface area (Å²) in [4.78, 5) is 27.8. The van der Waals surface area contributed by atoms with Gasteiger partial charge >= 0.3 is 0 Å². The molecule has 0 aliphatic heterocycles. The van der Waals surface area contributed by atoms with Gasteiger partial charge in [0.2, 0.25) is 11.8 Å². The Balaban J connectivity index is 2.17. The van der Waals surface area contributed by atoms with Crippen molar-refractivity contribution in [2.75, 3.05) is 12.3 Å². The zero-order valence-electron chi connectivity index (χ0n) is 18.7. The molecule has 4 nitrogen and oxygen atoms in total. The highest BCUT2D eigenvalue weighted by atomic mass is 35.5. The normalized spacial score (nSPS) is 11.8. The fourth-order valence-corrected chi connectivity index (χ4v) is 4.94. The molecule has 33 heavy (non-hydrogen) atoms. The predicted molar refractivity (Wildman–Crippen MR) is 142 cm³/mol. The Morgan fingerprint density at radius 2 is 1.70 bits per heavy atom. The smallest absolute Gasteiger partial charge is 0.242 e. The molecule has 9 heteroatoms. The molecule has 2 aromatic rings. The van der Waals surface area contributed by atoms with Gasteiger partial charge in [-0.1, -0.05) is 78.8 Å². The Bertz CT molecular complexity index is 938. The molecule has 2 aromatic carbocycles. The number of unbranched alkanes of at least 4 members (excludes halogenated alkanes) is 1. The molecule has 1 atom stereocenters. The minimum Gasteiger partial charge on any atom is -0.354 e. The molecule has 0 saturated heterocycles. The summed E-state index contributed by atoms with van der Waals surface area (Å²) in [6.07, 6.45) is 2.33. The standard InChI is InChI=1S/C24H28Cl4N2O2S/c1-3-5-11-29-24(32)22(4-2)30(13-17-18(25)7-6-8-19(17)26)23(31)15-33-14-16-9-10-20(27)21(28)12-16/h6-10,12,22H,3-5,11,13-15H2,1-2H3,(H,29,32)/t22-/m0/s1. The quantitative estimate of drug-likeness (QED) is 0.283. The second-order valence-electron chi connectivity index (χ2n) is 7.53. The molecule has 0 aliphatic carbocycles. The van der Waals surface area contributed by atoms with Crippen molar-refractivity contribution in [3.8, 4) is 0 Å². The van der Waals surface area contributed by atoms with Gasteiger partial charge in [0.25, 0.3) is 0 Å². The van der Waals surface area contributed by atoms with Crippen LogP contribution in [-0.2, 0) is 21.9 Å². The van der Waals surface area contributed by atoms with E-state index in [0.717, 1.165) is 18.4 Å². The van der Waals surface area contributed by atoms with Crippen LogP contribution in [0.15, 0.2) is 36.4 Å². The van der Waals surface area contributed by atoms with Crippen molar-refractivity contribution < 1.29 is 9.59 Å². The number of nitrogens with one attached hydrogen (secondary N) is 1. The summed E-state index contributed by atoms with van der Waals surface area (Å²) in [5.41, 5.74) is 1.59. The van der Waals surface area contributed by atoms with Crippen molar-refractivity contribution >= 4 is 70.0 Å². The molecule has 0 aromatic heterocycles. The van der Waals surface area contributed by atoms with E-state index in [0.29, 0.717) is 44.4 Å². The number of thioether (sulfide) groups is 1. The van der Waals surface area contributed by atoms with Gasteiger partial charge in [0.1, 0.15) is 6.04 Å². The van der Waals surface area contributed by atoms with E-state index in [2.05, 4.69) is 12.2 Å². The molecule has 2 amide bonds. The predicted octanol–water partition coefficient (Wildman–Crippen LogP) is 7.26. The third-order valence-corrected chi connectivity index (χ3v) is 7.52. The monoisotopic (exact) mass is 548 g/mol. The van der Waals surface area contributed by atoms with Crippen LogP contribution >= 0.6 is 58.2 Å². The third kappa shape index (κ3) is 8.56. The number of hydrogen-bond acceptors (Lipinski definition) is 3. The Labute approximate surface area is 220 Å². The summed E-state index contributed by atoms with van der Waals surface area (Å²) in [5, 5.41) is 4.84.